The fourth-order valence-corrected chi connectivity index (χ4v) is 3.90. The van der Waals surface area contributed by atoms with E-state index in [0.29, 0.717) is 13.0 Å². The molecule has 2 atom stereocenters. The maximum atomic E-state index is 13.9. The number of rotatable bonds is 2. The van der Waals surface area contributed by atoms with Crippen molar-refractivity contribution < 1.29 is 19.1 Å². The van der Waals surface area contributed by atoms with Gasteiger partial charge in [0.05, 0.1) is 16.0 Å². The number of carbonyl (C=O) groups excluding carboxylic acids is 1. The molecule has 21 heavy (non-hydrogen) atoms. The van der Waals surface area contributed by atoms with Gasteiger partial charge in [-0.2, -0.15) is 0 Å². The summed E-state index contributed by atoms with van der Waals surface area (Å²) in [7, 11) is 0. The number of fused-ring (bicyclic) bond motifs is 1. The molecule has 1 saturated carbocycles. The first kappa shape index (κ1) is 14.3. The highest BCUT2D eigenvalue weighted by atomic mass is 35.5. The molecule has 0 radical (unpaired) electrons. The van der Waals surface area contributed by atoms with Gasteiger partial charge in [-0.1, -0.05) is 24.1 Å². The Kier molecular flexibility index (Phi) is 3.40. The van der Waals surface area contributed by atoms with Crippen LogP contribution in [0.1, 0.15) is 29.6 Å². The van der Waals surface area contributed by atoms with Crippen molar-refractivity contribution >= 4 is 23.5 Å². The van der Waals surface area contributed by atoms with E-state index >= 15 is 0 Å². The fraction of sp³-hybridized carbons (Fsp3) is 0.467. The molecular formula is C15H15ClFNO3. The van der Waals surface area contributed by atoms with Crippen molar-refractivity contribution in [2.45, 2.75) is 19.3 Å². The molecule has 1 N–H and O–H groups in total. The Morgan fingerprint density at radius 2 is 2.19 bits per heavy atom. The van der Waals surface area contributed by atoms with Crippen molar-refractivity contribution in [2.24, 2.45) is 11.3 Å². The largest absolute Gasteiger partial charge is 0.481 e. The number of nitrogens with zero attached hydrogens (tertiary/aromatic N) is 1. The molecule has 0 unspecified atom stereocenters. The maximum Gasteiger partial charge on any atom is 0.311 e. The van der Waals surface area contributed by atoms with Crippen LogP contribution >= 0.6 is 11.6 Å². The van der Waals surface area contributed by atoms with Gasteiger partial charge in [-0.3, -0.25) is 9.59 Å². The van der Waals surface area contributed by atoms with E-state index in [1.54, 1.807) is 0 Å². The van der Waals surface area contributed by atoms with Gasteiger partial charge in [-0.25, -0.2) is 4.39 Å². The lowest BCUT2D eigenvalue weighted by molar-refractivity contribution is -0.149. The van der Waals surface area contributed by atoms with E-state index < -0.39 is 23.1 Å². The number of aliphatic carboxylic acids is 1. The Morgan fingerprint density at radius 3 is 2.81 bits per heavy atom. The van der Waals surface area contributed by atoms with E-state index in [0.717, 1.165) is 12.8 Å². The summed E-state index contributed by atoms with van der Waals surface area (Å²) in [5.74, 6) is -2.11. The van der Waals surface area contributed by atoms with E-state index in [2.05, 4.69) is 0 Å². The zero-order chi connectivity index (χ0) is 15.2. The second kappa shape index (κ2) is 4.98. The minimum Gasteiger partial charge on any atom is -0.481 e. The molecule has 4 nitrogen and oxygen atoms in total. The van der Waals surface area contributed by atoms with E-state index in [4.69, 9.17) is 11.6 Å². The van der Waals surface area contributed by atoms with Crippen molar-refractivity contribution in [3.8, 4) is 0 Å². The number of carbonyl (C=O) groups is 2. The van der Waals surface area contributed by atoms with Crippen LogP contribution < -0.4 is 0 Å². The van der Waals surface area contributed by atoms with Crippen LogP contribution in [0.2, 0.25) is 5.02 Å². The number of hydrogen-bond donors (Lipinski definition) is 1. The summed E-state index contributed by atoms with van der Waals surface area (Å²) in [6.07, 6.45) is 2.22. The van der Waals surface area contributed by atoms with Crippen LogP contribution in [-0.2, 0) is 4.79 Å². The van der Waals surface area contributed by atoms with Gasteiger partial charge in [-0.15, -0.1) is 0 Å². The summed E-state index contributed by atoms with van der Waals surface area (Å²) in [5, 5.41) is 9.57. The first-order chi connectivity index (χ1) is 9.95. The lowest BCUT2D eigenvalue weighted by Crippen LogP contribution is -2.37. The quantitative estimate of drug-likeness (QED) is 0.913. The molecule has 1 aliphatic heterocycles. The van der Waals surface area contributed by atoms with Gasteiger partial charge in [0.15, 0.2) is 0 Å². The van der Waals surface area contributed by atoms with Crippen LogP contribution in [0.25, 0.3) is 0 Å². The first-order valence-electron chi connectivity index (χ1n) is 6.92. The fourth-order valence-electron chi connectivity index (χ4n) is 3.65. The number of benzene rings is 1. The molecular weight excluding hydrogens is 297 g/mol. The molecule has 1 aromatic carbocycles. The standard InChI is InChI=1S/C15H15ClFNO3/c16-10-4-1-5-11(17)12(10)13(19)18-7-9-3-2-6-15(9,8-18)14(20)21/h1,4-5,9H,2-3,6-8H2,(H,20,21)/t9-,15+/m0/s1. The third-order valence-corrected chi connectivity index (χ3v) is 5.08. The number of likely N-dealkylation sites (tertiary alicyclic amines) is 1. The molecule has 0 aromatic heterocycles. The van der Waals surface area contributed by atoms with E-state index in [1.807, 2.05) is 0 Å². The van der Waals surface area contributed by atoms with Crippen LogP contribution in [0.3, 0.4) is 0 Å². The Morgan fingerprint density at radius 1 is 1.43 bits per heavy atom. The van der Waals surface area contributed by atoms with Crippen LogP contribution in [0.4, 0.5) is 4.39 Å². The molecule has 0 spiro atoms. The Hall–Kier alpha value is -1.62. The van der Waals surface area contributed by atoms with Gasteiger partial charge in [0.1, 0.15) is 5.82 Å². The van der Waals surface area contributed by atoms with Crippen LogP contribution in [0.15, 0.2) is 18.2 Å². The summed E-state index contributed by atoms with van der Waals surface area (Å²) in [4.78, 5) is 25.5. The average Bonchev–Trinajstić information content (AvgIpc) is 2.95. The molecule has 1 heterocycles. The van der Waals surface area contributed by atoms with Gasteiger partial charge in [0.25, 0.3) is 5.91 Å². The predicted octanol–water partition coefficient (Wildman–Crippen LogP) is 2.81. The first-order valence-corrected chi connectivity index (χ1v) is 7.30. The van der Waals surface area contributed by atoms with Gasteiger partial charge in [0.2, 0.25) is 0 Å². The summed E-state index contributed by atoms with van der Waals surface area (Å²) < 4.78 is 13.9. The zero-order valence-corrected chi connectivity index (χ0v) is 12.1. The molecule has 1 saturated heterocycles. The van der Waals surface area contributed by atoms with Crippen LogP contribution in [0.5, 0.6) is 0 Å². The minimum atomic E-state index is -0.868. The number of carboxylic acid groups (broad SMARTS) is 1. The third kappa shape index (κ3) is 2.11. The van der Waals surface area contributed by atoms with E-state index in [9.17, 15) is 19.1 Å². The SMILES string of the molecule is O=C(c1c(F)cccc1Cl)N1C[C@@H]2CCC[C@@]2(C(=O)O)C1. The third-order valence-electron chi connectivity index (χ3n) is 4.76. The Bertz CT molecular complexity index is 601. The molecule has 112 valence electrons. The van der Waals surface area contributed by atoms with Crippen molar-refractivity contribution in [2.75, 3.05) is 13.1 Å². The van der Waals surface area contributed by atoms with Crippen molar-refractivity contribution in [1.29, 1.82) is 0 Å². The lowest BCUT2D eigenvalue weighted by atomic mass is 9.81. The predicted molar refractivity (Wildman–Crippen MR) is 74.7 cm³/mol. The molecule has 3 rings (SSSR count). The molecule has 6 heteroatoms. The molecule has 1 amide bonds. The minimum absolute atomic E-state index is 0.0514. The van der Waals surface area contributed by atoms with Gasteiger partial charge in [-0.05, 0) is 30.9 Å². The summed E-state index contributed by atoms with van der Waals surface area (Å²) in [6, 6.07) is 4.08. The number of amides is 1. The Labute approximate surface area is 126 Å². The second-order valence-electron chi connectivity index (χ2n) is 5.83. The zero-order valence-electron chi connectivity index (χ0n) is 11.3. The number of halogens is 2. The van der Waals surface area contributed by atoms with Gasteiger partial charge < -0.3 is 10.0 Å². The van der Waals surface area contributed by atoms with Crippen molar-refractivity contribution in [3.63, 3.8) is 0 Å². The molecule has 1 aliphatic carbocycles. The normalized spacial score (nSPS) is 27.7. The summed E-state index contributed by atoms with van der Waals surface area (Å²) in [6.45, 7) is 0.492. The van der Waals surface area contributed by atoms with Crippen LogP contribution in [-0.4, -0.2) is 35.0 Å². The van der Waals surface area contributed by atoms with Gasteiger partial charge in [0, 0.05) is 13.1 Å². The maximum absolute atomic E-state index is 13.9. The summed E-state index contributed by atoms with van der Waals surface area (Å²) >= 11 is 5.92. The van der Waals surface area contributed by atoms with E-state index in [-0.39, 0.29) is 23.0 Å². The van der Waals surface area contributed by atoms with Crippen molar-refractivity contribution in [1.82, 2.24) is 4.90 Å². The molecule has 0 bridgehead atoms. The topological polar surface area (TPSA) is 57.6 Å². The number of hydrogen-bond acceptors (Lipinski definition) is 2. The van der Waals surface area contributed by atoms with Crippen LogP contribution in [0, 0.1) is 17.2 Å². The van der Waals surface area contributed by atoms with Gasteiger partial charge >= 0.3 is 5.97 Å². The summed E-state index contributed by atoms with van der Waals surface area (Å²) in [5.41, 5.74) is -1.03. The molecule has 2 fully saturated rings. The lowest BCUT2D eigenvalue weighted by Gasteiger charge is -2.23. The average molecular weight is 312 g/mol. The highest BCUT2D eigenvalue weighted by molar-refractivity contribution is 6.33. The molecule has 1 aromatic rings. The smallest absolute Gasteiger partial charge is 0.311 e. The highest BCUT2D eigenvalue weighted by Gasteiger charge is 2.56. The van der Waals surface area contributed by atoms with E-state index in [1.165, 1.54) is 23.1 Å². The highest BCUT2D eigenvalue weighted by Crippen LogP contribution is 2.49. The van der Waals surface area contributed by atoms with Crippen molar-refractivity contribution in [3.05, 3.63) is 34.6 Å². The second-order valence-corrected chi connectivity index (χ2v) is 6.24. The Balaban J connectivity index is 1.90. The number of carboxylic acids is 1. The molecule has 2 aliphatic rings. The monoisotopic (exact) mass is 311 g/mol.